The van der Waals surface area contributed by atoms with Crippen molar-refractivity contribution in [2.75, 3.05) is 6.54 Å². The monoisotopic (exact) mass is 366 g/mol. The summed E-state index contributed by atoms with van der Waals surface area (Å²) in [5.41, 5.74) is -0.438. The Morgan fingerprint density at radius 2 is 1.72 bits per heavy atom. The first-order chi connectivity index (χ1) is 11.3. The number of aromatic nitrogens is 2. The zero-order valence-corrected chi connectivity index (χ0v) is 13.8. The predicted molar refractivity (Wildman–Crippen MR) is 77.5 cm³/mol. The summed E-state index contributed by atoms with van der Waals surface area (Å²) in [6, 6.07) is 1.62. The molecule has 0 aliphatic carbocycles. The van der Waals surface area contributed by atoms with E-state index in [0.717, 1.165) is 0 Å². The maximum atomic E-state index is 11.5. The zero-order valence-electron chi connectivity index (χ0n) is 13.8. The minimum atomic E-state index is -5.08. The molecule has 1 heterocycles. The highest BCUT2D eigenvalue weighted by atomic mass is 19.4. The van der Waals surface area contributed by atoms with Gasteiger partial charge in [-0.15, -0.1) is 0 Å². The van der Waals surface area contributed by atoms with E-state index in [1.165, 1.54) is 10.9 Å². The summed E-state index contributed by atoms with van der Waals surface area (Å²) in [4.78, 5) is 31.4. The van der Waals surface area contributed by atoms with E-state index in [1.54, 1.807) is 26.1 Å². The van der Waals surface area contributed by atoms with Gasteiger partial charge in [-0.05, 0) is 25.9 Å². The quantitative estimate of drug-likeness (QED) is 0.665. The van der Waals surface area contributed by atoms with Crippen LogP contribution in [0.15, 0.2) is 18.5 Å². The molecule has 140 valence electrons. The molecule has 0 bridgehead atoms. The molecule has 1 amide bonds. The number of carboxylic acid groups (broad SMARTS) is 2. The molecule has 0 unspecified atom stereocenters. The lowest BCUT2D eigenvalue weighted by molar-refractivity contribution is -0.762. The van der Waals surface area contributed by atoms with Crippen LogP contribution in [-0.2, 0) is 16.1 Å². The lowest BCUT2D eigenvalue weighted by Crippen LogP contribution is -2.47. The Balaban J connectivity index is 0.000000697. The Hall–Kier alpha value is -2.72. The Bertz CT molecular complexity index is 615. The van der Waals surface area contributed by atoms with Crippen molar-refractivity contribution in [3.63, 3.8) is 0 Å². The molecule has 0 fully saturated rings. The number of hydrogen-bond acceptors (Lipinski definition) is 4. The second kappa shape index (κ2) is 8.94. The molecule has 0 aliphatic heterocycles. The first-order valence-corrected chi connectivity index (χ1v) is 6.98. The zero-order chi connectivity index (χ0) is 19.8. The Labute approximate surface area is 141 Å². The van der Waals surface area contributed by atoms with Gasteiger partial charge in [-0.2, -0.15) is 13.2 Å². The molecule has 0 radical (unpaired) electrons. The van der Waals surface area contributed by atoms with E-state index in [0.29, 0.717) is 12.1 Å². The Morgan fingerprint density at radius 1 is 1.20 bits per heavy atom. The van der Waals surface area contributed by atoms with Gasteiger partial charge in [-0.3, -0.25) is 9.59 Å². The number of hydrogen-bond donors (Lipinski definition) is 3. The van der Waals surface area contributed by atoms with Gasteiger partial charge in [0.1, 0.15) is 11.6 Å². The summed E-state index contributed by atoms with van der Waals surface area (Å²) in [5, 5.41) is 22.8. The van der Waals surface area contributed by atoms with E-state index in [2.05, 4.69) is 10.4 Å². The number of nitrogens with one attached hydrogen (secondary N) is 1. The van der Waals surface area contributed by atoms with Gasteiger partial charge in [-0.25, -0.2) is 4.79 Å². The van der Waals surface area contributed by atoms with Crippen LogP contribution < -0.4 is 10.00 Å². The molecule has 11 heteroatoms. The van der Waals surface area contributed by atoms with Crippen molar-refractivity contribution in [1.29, 1.82) is 0 Å². The fourth-order valence-corrected chi connectivity index (χ4v) is 1.35. The molecule has 8 nitrogen and oxygen atoms in total. The number of amides is 1. The largest absolute Gasteiger partial charge is 0.490 e. The first-order valence-electron chi connectivity index (χ1n) is 6.98. The van der Waals surface area contributed by atoms with Crippen molar-refractivity contribution in [2.24, 2.45) is 5.41 Å². The highest BCUT2D eigenvalue weighted by Gasteiger charge is 2.38. The Kier molecular flexibility index (Phi) is 7.97. The van der Waals surface area contributed by atoms with Crippen LogP contribution in [0.4, 0.5) is 13.2 Å². The fraction of sp³-hybridized carbons (Fsp3) is 0.500. The molecule has 0 atom stereocenters. The maximum absolute atomic E-state index is 11.5. The highest BCUT2D eigenvalue weighted by Crippen LogP contribution is 2.14. The van der Waals surface area contributed by atoms with Crippen molar-refractivity contribution in [2.45, 2.75) is 33.5 Å². The average Bonchev–Trinajstić information content (AvgIpc) is 2.47. The standard InChI is InChI=1S/C12H17N3O3.C2HF3O2/c1-4-13-10(16)9-5-6-15(14-7-9)8-12(2,3)11(17)18;3-2(4,5)1(6)7/h5-7H,4,8H2,1-3H3,(H-,13,16,17,18);(H,6,7)/p+1. The first kappa shape index (κ1) is 22.3. The summed E-state index contributed by atoms with van der Waals surface area (Å²) >= 11 is 0. The number of carbonyl (C=O) groups is 3. The van der Waals surface area contributed by atoms with E-state index in [4.69, 9.17) is 15.0 Å². The Morgan fingerprint density at radius 3 is 2.04 bits per heavy atom. The highest BCUT2D eigenvalue weighted by molar-refractivity contribution is 5.93. The van der Waals surface area contributed by atoms with Gasteiger partial charge in [0.2, 0.25) is 0 Å². The third-order valence-corrected chi connectivity index (χ3v) is 2.75. The smallest absolute Gasteiger partial charge is 0.481 e. The summed E-state index contributed by atoms with van der Waals surface area (Å²) in [6.45, 7) is 5.89. The third-order valence-electron chi connectivity index (χ3n) is 2.75. The second-order valence-electron chi connectivity index (χ2n) is 5.46. The summed E-state index contributed by atoms with van der Waals surface area (Å²) in [7, 11) is 0. The molecule has 3 N–H and O–H groups in total. The average molecular weight is 366 g/mol. The summed E-state index contributed by atoms with van der Waals surface area (Å²) in [5.74, 6) is -3.83. The number of halogens is 3. The van der Waals surface area contributed by atoms with E-state index in [9.17, 15) is 22.8 Å². The summed E-state index contributed by atoms with van der Waals surface area (Å²) in [6.07, 6.45) is -2.04. The number of carboxylic acids is 2. The topological polar surface area (TPSA) is 120 Å². The van der Waals surface area contributed by atoms with Crippen molar-refractivity contribution >= 4 is 17.8 Å². The van der Waals surface area contributed by atoms with Crippen LogP contribution in [0.2, 0.25) is 0 Å². The van der Waals surface area contributed by atoms with Crippen LogP contribution >= 0.6 is 0 Å². The molecule has 0 aromatic carbocycles. The van der Waals surface area contributed by atoms with Crippen LogP contribution in [0.5, 0.6) is 0 Å². The number of carbonyl (C=O) groups excluding carboxylic acids is 1. The van der Waals surface area contributed by atoms with Gasteiger partial charge < -0.3 is 15.5 Å². The van der Waals surface area contributed by atoms with Gasteiger partial charge in [0.05, 0.1) is 5.56 Å². The molecule has 25 heavy (non-hydrogen) atoms. The molecule has 1 rings (SSSR count). The predicted octanol–water partition coefficient (Wildman–Crippen LogP) is 0.863. The normalized spacial score (nSPS) is 11.1. The van der Waals surface area contributed by atoms with Gasteiger partial charge in [0.15, 0.2) is 12.7 Å². The van der Waals surface area contributed by atoms with E-state index >= 15 is 0 Å². The third kappa shape index (κ3) is 8.08. The van der Waals surface area contributed by atoms with Crippen LogP contribution in [-0.4, -0.2) is 45.9 Å². The molecule has 1 aromatic rings. The van der Waals surface area contributed by atoms with Crippen LogP contribution in [0.3, 0.4) is 0 Å². The minimum Gasteiger partial charge on any atom is -0.481 e. The summed E-state index contributed by atoms with van der Waals surface area (Å²) < 4.78 is 33.2. The molecule has 0 saturated carbocycles. The van der Waals surface area contributed by atoms with Gasteiger partial charge >= 0.3 is 18.1 Å². The number of aliphatic carboxylic acids is 2. The lowest BCUT2D eigenvalue weighted by Gasteiger charge is -2.13. The van der Waals surface area contributed by atoms with E-state index in [-0.39, 0.29) is 12.5 Å². The number of alkyl halides is 3. The number of nitrogens with zero attached hydrogens (tertiary/aromatic N) is 2. The second-order valence-corrected chi connectivity index (χ2v) is 5.46. The van der Waals surface area contributed by atoms with E-state index < -0.39 is 23.5 Å². The van der Waals surface area contributed by atoms with Crippen molar-refractivity contribution in [1.82, 2.24) is 10.4 Å². The number of rotatable bonds is 5. The van der Waals surface area contributed by atoms with Crippen molar-refractivity contribution in [3.8, 4) is 0 Å². The molecular formula is C14H19F3N3O5+. The lowest BCUT2D eigenvalue weighted by atomic mass is 9.94. The van der Waals surface area contributed by atoms with Crippen molar-refractivity contribution in [3.05, 3.63) is 24.0 Å². The van der Waals surface area contributed by atoms with Crippen LogP contribution in [0.25, 0.3) is 0 Å². The molecule has 0 aliphatic rings. The maximum Gasteiger partial charge on any atom is 0.490 e. The minimum absolute atomic E-state index is 0.186. The van der Waals surface area contributed by atoms with Crippen LogP contribution in [0, 0.1) is 5.41 Å². The van der Waals surface area contributed by atoms with E-state index in [1.807, 2.05) is 6.92 Å². The van der Waals surface area contributed by atoms with Crippen LogP contribution in [0.1, 0.15) is 31.1 Å². The fourth-order valence-electron chi connectivity index (χ4n) is 1.35. The molecule has 0 spiro atoms. The molecule has 1 aromatic heterocycles. The molecule has 0 saturated heterocycles. The van der Waals surface area contributed by atoms with Crippen molar-refractivity contribution < 1.29 is 42.4 Å². The molecular weight excluding hydrogens is 347 g/mol. The van der Waals surface area contributed by atoms with Gasteiger partial charge in [0, 0.05) is 12.6 Å². The van der Waals surface area contributed by atoms with Gasteiger partial charge in [-0.1, -0.05) is 4.68 Å². The SMILES string of the molecule is CCNC(=O)c1cc[n+](CC(C)(C)C(=O)O)nc1.O=C(O)C(F)(F)F. The van der Waals surface area contributed by atoms with Gasteiger partial charge in [0.25, 0.3) is 5.91 Å².